The van der Waals surface area contributed by atoms with Gasteiger partial charge in [-0.3, -0.25) is 19.6 Å². The summed E-state index contributed by atoms with van der Waals surface area (Å²) >= 11 is 0. The highest BCUT2D eigenvalue weighted by Crippen LogP contribution is 2.20. The van der Waals surface area contributed by atoms with Crippen molar-refractivity contribution in [1.82, 2.24) is 15.0 Å². The third-order valence-electron chi connectivity index (χ3n) is 4.08. The van der Waals surface area contributed by atoms with Crippen LogP contribution in [0.4, 0.5) is 5.69 Å². The van der Waals surface area contributed by atoms with Gasteiger partial charge in [0.1, 0.15) is 12.3 Å². The Morgan fingerprint density at radius 2 is 1.85 bits per heavy atom. The van der Waals surface area contributed by atoms with E-state index in [9.17, 15) is 14.4 Å². The Hall–Kier alpha value is -3.42. The molecule has 0 aliphatic rings. The molecule has 0 saturated carbocycles. The Bertz CT molecular complexity index is 1110. The molecule has 140 valence electrons. The van der Waals surface area contributed by atoms with Crippen molar-refractivity contribution in [3.05, 3.63) is 67.5 Å². The Labute approximate surface area is 154 Å². The van der Waals surface area contributed by atoms with E-state index in [2.05, 4.69) is 26.3 Å². The number of pyridine rings is 1. The summed E-state index contributed by atoms with van der Waals surface area (Å²) in [6, 6.07) is 6.05. The van der Waals surface area contributed by atoms with Crippen molar-refractivity contribution >= 4 is 22.7 Å². The van der Waals surface area contributed by atoms with E-state index in [-0.39, 0.29) is 17.6 Å². The van der Waals surface area contributed by atoms with Crippen molar-refractivity contribution in [1.29, 1.82) is 0 Å². The standard InChI is InChI=1S/C19H20N4O4/c1-10-4-11(2)6-14(5-10)20-8-15-13(9-27-12(3)24)7-21-17-16(15)18(25)23-19(26)22-17/h4-7,20H,8-9H2,1-3H3,(H2,21,22,23,25,26). The van der Waals surface area contributed by atoms with E-state index in [1.165, 1.54) is 13.1 Å². The maximum absolute atomic E-state index is 12.4. The number of ether oxygens (including phenoxy) is 1. The van der Waals surface area contributed by atoms with Crippen LogP contribution >= 0.6 is 0 Å². The molecular weight excluding hydrogens is 348 g/mol. The molecule has 0 saturated heterocycles. The summed E-state index contributed by atoms with van der Waals surface area (Å²) in [5.74, 6) is -0.432. The van der Waals surface area contributed by atoms with Gasteiger partial charge in [0.15, 0.2) is 0 Å². The molecule has 0 fully saturated rings. The summed E-state index contributed by atoms with van der Waals surface area (Å²) in [7, 11) is 0. The lowest BCUT2D eigenvalue weighted by Gasteiger charge is -2.14. The van der Waals surface area contributed by atoms with Gasteiger partial charge >= 0.3 is 11.7 Å². The predicted molar refractivity (Wildman–Crippen MR) is 102 cm³/mol. The maximum Gasteiger partial charge on any atom is 0.327 e. The van der Waals surface area contributed by atoms with Crippen molar-refractivity contribution in [2.45, 2.75) is 33.9 Å². The summed E-state index contributed by atoms with van der Waals surface area (Å²) < 4.78 is 5.08. The van der Waals surface area contributed by atoms with Crippen molar-refractivity contribution in [2.24, 2.45) is 0 Å². The molecule has 2 aromatic heterocycles. The number of hydrogen-bond acceptors (Lipinski definition) is 6. The quantitative estimate of drug-likeness (QED) is 0.592. The summed E-state index contributed by atoms with van der Waals surface area (Å²) in [6.07, 6.45) is 1.50. The van der Waals surface area contributed by atoms with Gasteiger partial charge in [0.2, 0.25) is 0 Å². The zero-order valence-electron chi connectivity index (χ0n) is 15.3. The first-order chi connectivity index (χ1) is 12.8. The molecule has 0 aliphatic carbocycles. The van der Waals surface area contributed by atoms with Gasteiger partial charge in [-0.05, 0) is 42.7 Å². The van der Waals surface area contributed by atoms with Crippen LogP contribution in [-0.4, -0.2) is 20.9 Å². The van der Waals surface area contributed by atoms with Crippen LogP contribution in [0.3, 0.4) is 0 Å². The largest absolute Gasteiger partial charge is 0.461 e. The van der Waals surface area contributed by atoms with Gasteiger partial charge in [0.05, 0.1) is 5.39 Å². The Kier molecular flexibility index (Phi) is 5.07. The number of benzene rings is 1. The molecule has 0 amide bonds. The molecule has 0 aliphatic heterocycles. The highest BCUT2D eigenvalue weighted by atomic mass is 16.5. The minimum absolute atomic E-state index is 0.0132. The average Bonchev–Trinajstić information content (AvgIpc) is 2.57. The molecule has 3 N–H and O–H groups in total. The zero-order valence-corrected chi connectivity index (χ0v) is 15.3. The predicted octanol–water partition coefficient (Wildman–Crippen LogP) is 1.90. The van der Waals surface area contributed by atoms with E-state index >= 15 is 0 Å². The van der Waals surface area contributed by atoms with Crippen molar-refractivity contribution in [3.8, 4) is 0 Å². The van der Waals surface area contributed by atoms with Gasteiger partial charge < -0.3 is 10.1 Å². The molecule has 3 aromatic rings. The second-order valence-electron chi connectivity index (χ2n) is 6.40. The number of carbonyl (C=O) groups excluding carboxylic acids is 1. The molecule has 8 nitrogen and oxygen atoms in total. The van der Waals surface area contributed by atoms with Gasteiger partial charge in [0.25, 0.3) is 5.56 Å². The van der Waals surface area contributed by atoms with Gasteiger partial charge in [-0.1, -0.05) is 6.07 Å². The lowest BCUT2D eigenvalue weighted by Crippen LogP contribution is -2.24. The van der Waals surface area contributed by atoms with E-state index in [0.29, 0.717) is 17.7 Å². The first-order valence-electron chi connectivity index (χ1n) is 8.42. The molecule has 2 heterocycles. The Morgan fingerprint density at radius 1 is 1.15 bits per heavy atom. The van der Waals surface area contributed by atoms with Crippen molar-refractivity contribution in [2.75, 3.05) is 5.32 Å². The number of carbonyl (C=O) groups is 1. The number of H-pyrrole nitrogens is 2. The van der Waals surface area contributed by atoms with Crippen LogP contribution in [0.1, 0.15) is 29.2 Å². The molecule has 0 spiro atoms. The van der Waals surface area contributed by atoms with Gasteiger partial charge in [0, 0.05) is 30.9 Å². The summed E-state index contributed by atoms with van der Waals surface area (Å²) in [4.78, 5) is 44.0. The van der Waals surface area contributed by atoms with Gasteiger partial charge in [-0.15, -0.1) is 0 Å². The number of anilines is 1. The number of nitrogens with zero attached hydrogens (tertiary/aromatic N) is 1. The minimum atomic E-state index is -0.624. The molecule has 27 heavy (non-hydrogen) atoms. The van der Waals surface area contributed by atoms with E-state index in [1.54, 1.807) is 0 Å². The number of aryl methyl sites for hydroxylation is 2. The van der Waals surface area contributed by atoms with Crippen LogP contribution in [0.15, 0.2) is 34.0 Å². The fourth-order valence-electron chi connectivity index (χ4n) is 3.01. The molecule has 0 atom stereocenters. The fourth-order valence-corrected chi connectivity index (χ4v) is 3.01. The second kappa shape index (κ2) is 7.45. The smallest absolute Gasteiger partial charge is 0.327 e. The molecule has 0 radical (unpaired) electrons. The summed E-state index contributed by atoms with van der Waals surface area (Å²) in [5, 5.41) is 3.55. The minimum Gasteiger partial charge on any atom is -0.461 e. The van der Waals surface area contributed by atoms with Gasteiger partial charge in [-0.25, -0.2) is 9.78 Å². The topological polar surface area (TPSA) is 117 Å². The highest BCUT2D eigenvalue weighted by molar-refractivity contribution is 5.79. The third kappa shape index (κ3) is 4.22. The highest BCUT2D eigenvalue weighted by Gasteiger charge is 2.14. The SMILES string of the molecule is CC(=O)OCc1cnc2[nH]c(=O)[nH]c(=O)c2c1CNc1cc(C)cc(C)c1. The van der Waals surface area contributed by atoms with Crippen molar-refractivity contribution in [3.63, 3.8) is 0 Å². The zero-order chi connectivity index (χ0) is 19.6. The van der Waals surface area contributed by atoms with Crippen LogP contribution < -0.4 is 16.6 Å². The lowest BCUT2D eigenvalue weighted by atomic mass is 10.1. The molecular formula is C19H20N4O4. The number of hydrogen-bond donors (Lipinski definition) is 3. The monoisotopic (exact) mass is 368 g/mol. The number of aromatic nitrogens is 3. The molecule has 0 unspecified atom stereocenters. The first kappa shape index (κ1) is 18.4. The second-order valence-corrected chi connectivity index (χ2v) is 6.40. The molecule has 0 bridgehead atoms. The van der Waals surface area contributed by atoms with Crippen LogP contribution in [0.2, 0.25) is 0 Å². The van der Waals surface area contributed by atoms with E-state index in [1.807, 2.05) is 26.0 Å². The summed E-state index contributed by atoms with van der Waals surface area (Å²) in [6.45, 7) is 5.60. The van der Waals surface area contributed by atoms with Crippen LogP contribution in [-0.2, 0) is 22.7 Å². The van der Waals surface area contributed by atoms with Gasteiger partial charge in [-0.2, -0.15) is 0 Å². The number of fused-ring (bicyclic) bond motifs is 1. The normalized spacial score (nSPS) is 10.8. The maximum atomic E-state index is 12.4. The van der Waals surface area contributed by atoms with E-state index < -0.39 is 17.2 Å². The number of esters is 1. The lowest BCUT2D eigenvalue weighted by molar-refractivity contribution is -0.142. The number of rotatable bonds is 5. The third-order valence-corrected chi connectivity index (χ3v) is 4.08. The summed E-state index contributed by atoms with van der Waals surface area (Å²) in [5.41, 5.74) is 3.34. The number of aromatic amines is 2. The van der Waals surface area contributed by atoms with Crippen LogP contribution in [0, 0.1) is 13.8 Å². The Balaban J connectivity index is 2.06. The fraction of sp³-hybridized carbons (Fsp3) is 0.263. The van der Waals surface area contributed by atoms with Crippen molar-refractivity contribution < 1.29 is 9.53 Å². The average molecular weight is 368 g/mol. The Morgan fingerprint density at radius 3 is 2.52 bits per heavy atom. The van der Waals surface area contributed by atoms with Crippen LogP contribution in [0.5, 0.6) is 0 Å². The number of nitrogens with one attached hydrogen (secondary N) is 3. The first-order valence-corrected chi connectivity index (χ1v) is 8.42. The molecule has 3 rings (SSSR count). The van der Waals surface area contributed by atoms with E-state index in [4.69, 9.17) is 4.74 Å². The molecule has 1 aromatic carbocycles. The van der Waals surface area contributed by atoms with E-state index in [0.717, 1.165) is 16.8 Å². The molecule has 8 heteroatoms. The van der Waals surface area contributed by atoms with Crippen LogP contribution in [0.25, 0.3) is 11.0 Å².